The molecule has 3 aromatic rings. The van der Waals surface area contributed by atoms with Gasteiger partial charge in [-0.25, -0.2) is 9.78 Å². The van der Waals surface area contributed by atoms with E-state index < -0.39 is 5.97 Å². The van der Waals surface area contributed by atoms with Gasteiger partial charge in [0.05, 0.1) is 23.0 Å². The van der Waals surface area contributed by atoms with Gasteiger partial charge in [0.1, 0.15) is 12.4 Å². The lowest BCUT2D eigenvalue weighted by Crippen LogP contribution is -2.07. The minimum absolute atomic E-state index is 0.139. The van der Waals surface area contributed by atoms with Gasteiger partial charge in [0.2, 0.25) is 0 Å². The average molecular weight is 451 g/mol. The number of carboxylic acids is 1. The fourth-order valence-corrected chi connectivity index (χ4v) is 4.45. The van der Waals surface area contributed by atoms with Crippen molar-refractivity contribution in [3.05, 3.63) is 81.8 Å². The number of aromatic nitrogens is 1. The lowest BCUT2D eigenvalue weighted by Gasteiger charge is -2.19. The minimum atomic E-state index is -0.944. The van der Waals surface area contributed by atoms with Crippen LogP contribution in [0.15, 0.2) is 64.6 Å². The monoisotopic (exact) mass is 450 g/mol. The highest BCUT2D eigenvalue weighted by atomic mass is 32.1. The van der Waals surface area contributed by atoms with Crippen LogP contribution in [-0.2, 0) is 11.4 Å². The van der Waals surface area contributed by atoms with E-state index in [9.17, 15) is 4.79 Å². The molecular formula is C25H26N2O4S. The molecule has 0 saturated heterocycles. The zero-order valence-corrected chi connectivity index (χ0v) is 18.5. The third-order valence-electron chi connectivity index (χ3n) is 5.69. The van der Waals surface area contributed by atoms with Crippen molar-refractivity contribution in [3.63, 3.8) is 0 Å². The maximum atomic E-state index is 11.0. The first-order valence-electron chi connectivity index (χ1n) is 10.8. The smallest absolute Gasteiger partial charge is 0.335 e. The van der Waals surface area contributed by atoms with Crippen molar-refractivity contribution >= 4 is 23.5 Å². The van der Waals surface area contributed by atoms with Crippen LogP contribution in [0.2, 0.25) is 0 Å². The molecule has 1 aliphatic carbocycles. The van der Waals surface area contributed by atoms with E-state index in [4.69, 9.17) is 14.7 Å². The van der Waals surface area contributed by atoms with Crippen molar-refractivity contribution in [3.8, 4) is 5.75 Å². The topological polar surface area (TPSA) is 81.0 Å². The third kappa shape index (κ3) is 6.17. The molecule has 1 aromatic heterocycles. The quantitative estimate of drug-likeness (QED) is 0.298. The second kappa shape index (κ2) is 10.9. The standard InChI is InChI=1S/C25H26N2O4S/c28-25(29)21-7-5-19(6-8-21)14-27-31-24(13-18-3-1-2-4-18)20-9-11-23(12-10-20)30-15-22-16-32-17-26-22/h5-12,14,16-18,24H,1-4,13,15H2,(H,28,29). The highest BCUT2D eigenvalue weighted by Gasteiger charge is 2.23. The number of carbonyl (C=O) groups is 1. The summed E-state index contributed by atoms with van der Waals surface area (Å²) in [5, 5.41) is 15.2. The molecule has 0 bridgehead atoms. The van der Waals surface area contributed by atoms with E-state index in [-0.39, 0.29) is 11.7 Å². The van der Waals surface area contributed by atoms with Crippen molar-refractivity contribution in [1.29, 1.82) is 0 Å². The molecule has 6 nitrogen and oxygen atoms in total. The fourth-order valence-electron chi connectivity index (χ4n) is 3.91. The molecule has 1 N–H and O–H groups in total. The van der Waals surface area contributed by atoms with Gasteiger partial charge in [0, 0.05) is 5.38 Å². The van der Waals surface area contributed by atoms with E-state index >= 15 is 0 Å². The molecule has 0 radical (unpaired) electrons. The Morgan fingerprint density at radius 1 is 1.16 bits per heavy atom. The summed E-state index contributed by atoms with van der Waals surface area (Å²) in [6.45, 7) is 0.454. The number of nitrogens with zero attached hydrogens (tertiary/aromatic N) is 2. The van der Waals surface area contributed by atoms with Crippen LogP contribution in [0.25, 0.3) is 0 Å². The Balaban J connectivity index is 1.40. The van der Waals surface area contributed by atoms with Crippen LogP contribution in [0.3, 0.4) is 0 Å². The number of ether oxygens (including phenoxy) is 1. The van der Waals surface area contributed by atoms with E-state index in [0.717, 1.165) is 29.0 Å². The van der Waals surface area contributed by atoms with Crippen molar-refractivity contribution in [1.82, 2.24) is 4.98 Å². The minimum Gasteiger partial charge on any atom is -0.487 e. The molecule has 1 heterocycles. The van der Waals surface area contributed by atoms with Gasteiger partial charge in [-0.15, -0.1) is 11.3 Å². The number of aromatic carboxylic acids is 1. The number of thiazole rings is 1. The van der Waals surface area contributed by atoms with Crippen molar-refractivity contribution in [2.24, 2.45) is 11.1 Å². The van der Waals surface area contributed by atoms with Crippen LogP contribution < -0.4 is 4.74 Å². The molecule has 32 heavy (non-hydrogen) atoms. The second-order valence-corrected chi connectivity index (χ2v) is 8.70. The maximum absolute atomic E-state index is 11.0. The number of benzene rings is 2. The van der Waals surface area contributed by atoms with Crippen molar-refractivity contribution in [2.45, 2.75) is 44.8 Å². The van der Waals surface area contributed by atoms with E-state index in [2.05, 4.69) is 10.1 Å². The maximum Gasteiger partial charge on any atom is 0.335 e. The van der Waals surface area contributed by atoms with Crippen LogP contribution in [0, 0.1) is 5.92 Å². The lowest BCUT2D eigenvalue weighted by atomic mass is 9.95. The van der Waals surface area contributed by atoms with Crippen molar-refractivity contribution < 1.29 is 19.5 Å². The number of hydrogen-bond donors (Lipinski definition) is 1. The van der Waals surface area contributed by atoms with Gasteiger partial charge in [0.25, 0.3) is 0 Å². The zero-order valence-electron chi connectivity index (χ0n) is 17.7. The molecule has 2 aromatic carbocycles. The first kappa shape index (κ1) is 22.0. The molecule has 7 heteroatoms. The van der Waals surface area contributed by atoms with Gasteiger partial charge in [-0.2, -0.15) is 0 Å². The largest absolute Gasteiger partial charge is 0.487 e. The van der Waals surface area contributed by atoms with Crippen LogP contribution in [0.4, 0.5) is 0 Å². The Morgan fingerprint density at radius 2 is 1.91 bits per heavy atom. The summed E-state index contributed by atoms with van der Waals surface area (Å²) in [5.41, 5.74) is 4.83. The summed E-state index contributed by atoms with van der Waals surface area (Å²) in [5.74, 6) is 0.495. The van der Waals surface area contributed by atoms with E-state index in [0.29, 0.717) is 12.5 Å². The molecule has 4 rings (SSSR count). The highest BCUT2D eigenvalue weighted by Crippen LogP contribution is 2.35. The summed E-state index contributed by atoms with van der Waals surface area (Å²) in [6, 6.07) is 14.5. The SMILES string of the molecule is O=C(O)c1ccc(C=NOC(CC2CCCC2)c2ccc(OCc3cscn3)cc2)cc1. The molecule has 1 unspecified atom stereocenters. The Hall–Kier alpha value is -3.19. The first-order valence-corrected chi connectivity index (χ1v) is 11.7. The predicted molar refractivity (Wildman–Crippen MR) is 124 cm³/mol. The lowest BCUT2D eigenvalue weighted by molar-refractivity contribution is 0.0414. The van der Waals surface area contributed by atoms with E-state index in [1.807, 2.05) is 29.6 Å². The van der Waals surface area contributed by atoms with Crippen LogP contribution in [0.5, 0.6) is 5.75 Å². The normalized spacial score (nSPS) is 15.1. The van der Waals surface area contributed by atoms with Gasteiger partial charge < -0.3 is 14.7 Å². The number of carboxylic acid groups (broad SMARTS) is 1. The molecule has 0 amide bonds. The zero-order chi connectivity index (χ0) is 22.2. The van der Waals surface area contributed by atoms with Gasteiger partial charge in [0.15, 0.2) is 6.10 Å². The Morgan fingerprint density at radius 3 is 2.56 bits per heavy atom. The summed E-state index contributed by atoms with van der Waals surface area (Å²) in [7, 11) is 0. The molecular weight excluding hydrogens is 424 g/mol. The number of rotatable bonds is 10. The summed E-state index contributed by atoms with van der Waals surface area (Å²) >= 11 is 1.56. The van der Waals surface area contributed by atoms with Gasteiger partial charge in [-0.05, 0) is 47.7 Å². The molecule has 1 saturated carbocycles. The van der Waals surface area contributed by atoms with Crippen molar-refractivity contribution in [2.75, 3.05) is 0 Å². The van der Waals surface area contributed by atoms with Gasteiger partial charge in [-0.3, -0.25) is 0 Å². The van der Waals surface area contributed by atoms with Gasteiger partial charge in [-0.1, -0.05) is 55.1 Å². The Bertz CT molecular complexity index is 1010. The molecule has 0 aliphatic heterocycles. The Kier molecular flexibility index (Phi) is 7.51. The molecule has 1 atom stereocenters. The Labute approximate surface area is 191 Å². The van der Waals surface area contributed by atoms with Crippen LogP contribution in [0.1, 0.15) is 65.4 Å². The van der Waals surface area contributed by atoms with Crippen LogP contribution >= 0.6 is 11.3 Å². The molecule has 0 spiro atoms. The van der Waals surface area contributed by atoms with E-state index in [1.54, 1.807) is 47.3 Å². The first-order chi connectivity index (χ1) is 15.7. The number of oxime groups is 1. The average Bonchev–Trinajstić information content (AvgIpc) is 3.52. The van der Waals surface area contributed by atoms with Gasteiger partial charge >= 0.3 is 5.97 Å². The highest BCUT2D eigenvalue weighted by molar-refractivity contribution is 7.07. The van der Waals surface area contributed by atoms with Crippen LogP contribution in [-0.4, -0.2) is 22.3 Å². The molecule has 1 aliphatic rings. The third-order valence-corrected chi connectivity index (χ3v) is 6.33. The fraction of sp³-hybridized carbons (Fsp3) is 0.320. The molecule has 1 fully saturated rings. The summed E-state index contributed by atoms with van der Waals surface area (Å²) < 4.78 is 5.82. The second-order valence-electron chi connectivity index (χ2n) is 7.98. The van der Waals surface area contributed by atoms with E-state index in [1.165, 1.54) is 25.7 Å². The molecule has 166 valence electrons. The summed E-state index contributed by atoms with van der Waals surface area (Å²) in [4.78, 5) is 21.2. The predicted octanol–water partition coefficient (Wildman–Crippen LogP) is 6.09. The number of hydrogen-bond acceptors (Lipinski definition) is 6. The summed E-state index contributed by atoms with van der Waals surface area (Å²) in [6.07, 6.45) is 7.43.